The van der Waals surface area contributed by atoms with Crippen LogP contribution in [0.3, 0.4) is 0 Å². The van der Waals surface area contributed by atoms with E-state index in [0.29, 0.717) is 17.1 Å². The van der Waals surface area contributed by atoms with Gasteiger partial charge in [-0.15, -0.1) is 0 Å². The van der Waals surface area contributed by atoms with E-state index in [1.165, 1.54) is 5.56 Å². The molecule has 0 radical (unpaired) electrons. The van der Waals surface area contributed by atoms with Gasteiger partial charge in [0.25, 0.3) is 0 Å². The zero-order valence-corrected chi connectivity index (χ0v) is 15.5. The maximum atomic E-state index is 9.56. The van der Waals surface area contributed by atoms with Gasteiger partial charge in [-0.2, -0.15) is 5.26 Å². The van der Waals surface area contributed by atoms with Gasteiger partial charge in [0.2, 0.25) is 5.69 Å². The molecule has 26 heavy (non-hydrogen) atoms. The molecule has 2 heterocycles. The van der Waals surface area contributed by atoms with E-state index >= 15 is 0 Å². The maximum absolute atomic E-state index is 9.56. The van der Waals surface area contributed by atoms with E-state index in [9.17, 15) is 5.26 Å². The van der Waals surface area contributed by atoms with E-state index in [2.05, 4.69) is 55.7 Å². The highest BCUT2D eigenvalue weighted by Crippen LogP contribution is 2.40. The molecule has 0 aliphatic heterocycles. The lowest BCUT2D eigenvalue weighted by Gasteiger charge is -2.08. The third-order valence-corrected chi connectivity index (χ3v) is 5.08. The van der Waals surface area contributed by atoms with Crippen molar-refractivity contribution in [3.8, 4) is 17.3 Å². The third-order valence-electron chi connectivity index (χ3n) is 5.08. The number of rotatable bonds is 2. The average Bonchev–Trinajstić information content (AvgIpc) is 3.01. The molecule has 3 heteroatoms. The molecule has 2 aromatic heterocycles. The summed E-state index contributed by atoms with van der Waals surface area (Å²) < 4.78 is 8.45. The predicted octanol–water partition coefficient (Wildman–Crippen LogP) is 5.38. The summed E-state index contributed by atoms with van der Waals surface area (Å²) in [5, 5.41) is 11.7. The van der Waals surface area contributed by atoms with Crippen LogP contribution in [-0.4, -0.2) is 0 Å². The van der Waals surface area contributed by atoms with Gasteiger partial charge in [-0.05, 0) is 36.1 Å². The number of nitrogens with zero attached hydrogens (tertiary/aromatic N) is 2. The van der Waals surface area contributed by atoms with Crippen LogP contribution in [0.15, 0.2) is 53.1 Å². The van der Waals surface area contributed by atoms with Crippen LogP contribution in [0.1, 0.15) is 36.5 Å². The highest BCUT2D eigenvalue weighted by molar-refractivity contribution is 6.12. The Bertz CT molecular complexity index is 1190. The Morgan fingerprint density at radius 3 is 2.54 bits per heavy atom. The Labute approximate surface area is 153 Å². The number of fused-ring (bicyclic) bond motifs is 3. The largest absolute Gasteiger partial charge is 0.454 e. The van der Waals surface area contributed by atoms with Gasteiger partial charge in [0.15, 0.2) is 11.8 Å². The van der Waals surface area contributed by atoms with Gasteiger partial charge in [0.1, 0.15) is 18.7 Å². The van der Waals surface area contributed by atoms with Gasteiger partial charge in [-0.3, -0.25) is 0 Å². The molecule has 0 aliphatic rings. The standard InChI is InChI=1S/C23H21N2O/c1-14(2)17-11-9-16(13-24)22-21(17)18-10-8-15(3)20(23(18)26-22)19-7-5-6-12-25(19)4/h5-12,14H,1-4H3/q+1. The lowest BCUT2D eigenvalue weighted by molar-refractivity contribution is -0.660. The molecule has 0 amide bonds. The van der Waals surface area contributed by atoms with Crippen molar-refractivity contribution < 1.29 is 8.98 Å². The van der Waals surface area contributed by atoms with Crippen LogP contribution in [0.2, 0.25) is 0 Å². The van der Waals surface area contributed by atoms with E-state index in [1.807, 2.05) is 31.4 Å². The van der Waals surface area contributed by atoms with E-state index in [4.69, 9.17) is 4.42 Å². The smallest absolute Gasteiger partial charge is 0.216 e. The molecule has 0 saturated heterocycles. The summed E-state index contributed by atoms with van der Waals surface area (Å²) in [5.41, 5.74) is 6.68. The van der Waals surface area contributed by atoms with Crippen LogP contribution in [0.4, 0.5) is 0 Å². The van der Waals surface area contributed by atoms with Gasteiger partial charge in [0, 0.05) is 22.9 Å². The van der Waals surface area contributed by atoms with E-state index in [1.54, 1.807) is 0 Å². The molecule has 4 rings (SSSR count). The Morgan fingerprint density at radius 1 is 1.04 bits per heavy atom. The molecule has 3 nitrogen and oxygen atoms in total. The second kappa shape index (κ2) is 6.00. The van der Waals surface area contributed by atoms with Crippen LogP contribution in [0, 0.1) is 18.3 Å². The van der Waals surface area contributed by atoms with Gasteiger partial charge in [-0.1, -0.05) is 32.0 Å². The number of pyridine rings is 1. The van der Waals surface area contributed by atoms with E-state index < -0.39 is 0 Å². The number of hydrogen-bond donors (Lipinski definition) is 0. The number of hydrogen-bond acceptors (Lipinski definition) is 2. The quantitative estimate of drug-likeness (QED) is 0.459. The summed E-state index contributed by atoms with van der Waals surface area (Å²) in [7, 11) is 2.04. The Hall–Kier alpha value is -3.12. The van der Waals surface area contributed by atoms with Gasteiger partial charge in [0.05, 0.1) is 11.1 Å². The first kappa shape index (κ1) is 16.4. The number of benzene rings is 2. The number of aryl methyl sites for hydroxylation is 2. The van der Waals surface area contributed by atoms with Crippen molar-refractivity contribution in [1.82, 2.24) is 0 Å². The molecule has 0 atom stereocenters. The van der Waals surface area contributed by atoms with Crippen molar-refractivity contribution in [3.63, 3.8) is 0 Å². The zero-order chi connectivity index (χ0) is 18.4. The predicted molar refractivity (Wildman–Crippen MR) is 104 cm³/mol. The molecular formula is C23H21N2O+. The fourth-order valence-corrected chi connectivity index (χ4v) is 3.74. The summed E-state index contributed by atoms with van der Waals surface area (Å²) in [6.45, 7) is 6.45. The molecule has 2 aromatic carbocycles. The highest BCUT2D eigenvalue weighted by Gasteiger charge is 2.23. The summed E-state index contributed by atoms with van der Waals surface area (Å²) in [6, 6.07) is 16.6. The van der Waals surface area contributed by atoms with Crippen molar-refractivity contribution >= 4 is 21.9 Å². The zero-order valence-electron chi connectivity index (χ0n) is 15.5. The number of furan rings is 1. The van der Waals surface area contributed by atoms with E-state index in [-0.39, 0.29) is 0 Å². The molecule has 0 saturated carbocycles. The monoisotopic (exact) mass is 341 g/mol. The molecule has 0 fully saturated rings. The van der Waals surface area contributed by atoms with Crippen LogP contribution in [0.5, 0.6) is 0 Å². The second-order valence-electron chi connectivity index (χ2n) is 7.11. The van der Waals surface area contributed by atoms with E-state index in [0.717, 1.165) is 33.2 Å². The van der Waals surface area contributed by atoms with Crippen molar-refractivity contribution in [3.05, 3.63) is 65.4 Å². The first-order valence-electron chi connectivity index (χ1n) is 8.86. The van der Waals surface area contributed by atoms with Gasteiger partial charge in [-0.25, -0.2) is 4.57 Å². The maximum Gasteiger partial charge on any atom is 0.216 e. The fraction of sp³-hybridized carbons (Fsp3) is 0.217. The first-order chi connectivity index (χ1) is 12.5. The summed E-state index contributed by atoms with van der Waals surface area (Å²) >= 11 is 0. The lowest BCUT2D eigenvalue weighted by atomic mass is 9.94. The fourth-order valence-electron chi connectivity index (χ4n) is 3.74. The topological polar surface area (TPSA) is 40.8 Å². The third kappa shape index (κ3) is 2.30. The van der Waals surface area contributed by atoms with Crippen LogP contribution in [-0.2, 0) is 7.05 Å². The van der Waals surface area contributed by atoms with Crippen molar-refractivity contribution in [2.45, 2.75) is 26.7 Å². The molecule has 128 valence electrons. The molecule has 0 aliphatic carbocycles. The normalized spacial score (nSPS) is 11.4. The van der Waals surface area contributed by atoms with Crippen molar-refractivity contribution in [1.29, 1.82) is 5.26 Å². The minimum absolute atomic E-state index is 0.351. The first-order valence-corrected chi connectivity index (χ1v) is 8.86. The lowest BCUT2D eigenvalue weighted by Crippen LogP contribution is -2.30. The molecular weight excluding hydrogens is 320 g/mol. The summed E-state index contributed by atoms with van der Waals surface area (Å²) in [5.74, 6) is 0.351. The second-order valence-corrected chi connectivity index (χ2v) is 7.11. The van der Waals surface area contributed by atoms with Crippen LogP contribution in [0.25, 0.3) is 33.2 Å². The van der Waals surface area contributed by atoms with Gasteiger partial charge < -0.3 is 4.42 Å². The van der Waals surface area contributed by atoms with Crippen LogP contribution < -0.4 is 4.57 Å². The van der Waals surface area contributed by atoms with Crippen molar-refractivity contribution in [2.75, 3.05) is 0 Å². The molecule has 0 bridgehead atoms. The molecule has 0 spiro atoms. The minimum atomic E-state index is 0.351. The Balaban J connectivity index is 2.22. The summed E-state index contributed by atoms with van der Waals surface area (Å²) in [4.78, 5) is 0. The SMILES string of the molecule is Cc1ccc2c(oc3c(C#N)ccc(C(C)C)c32)c1-c1cccc[n+]1C. The molecule has 4 aromatic rings. The summed E-state index contributed by atoms with van der Waals surface area (Å²) in [6.07, 6.45) is 2.04. The van der Waals surface area contributed by atoms with Crippen molar-refractivity contribution in [2.24, 2.45) is 7.05 Å². The van der Waals surface area contributed by atoms with Gasteiger partial charge >= 0.3 is 0 Å². The Morgan fingerprint density at radius 2 is 1.85 bits per heavy atom. The average molecular weight is 341 g/mol. The minimum Gasteiger partial charge on any atom is -0.454 e. The Kier molecular flexibility index (Phi) is 3.77. The number of aromatic nitrogens is 1. The molecule has 0 unspecified atom stereocenters. The highest BCUT2D eigenvalue weighted by atomic mass is 16.3. The number of nitriles is 1. The van der Waals surface area contributed by atoms with Crippen LogP contribution >= 0.6 is 0 Å². The molecule has 0 N–H and O–H groups in total.